The Balaban J connectivity index is 0.839. The van der Waals surface area contributed by atoms with Crippen LogP contribution in [0.25, 0.3) is 33.4 Å². The fourth-order valence-corrected chi connectivity index (χ4v) is 22.8. The molecule has 0 aliphatic carbocycles. The van der Waals surface area contributed by atoms with Crippen LogP contribution in [0.3, 0.4) is 0 Å². The van der Waals surface area contributed by atoms with Crippen molar-refractivity contribution in [3.05, 3.63) is 371 Å². The van der Waals surface area contributed by atoms with Gasteiger partial charge in [0, 0.05) is 102 Å². The normalized spacial score (nSPS) is 14.7. The summed E-state index contributed by atoms with van der Waals surface area (Å²) in [4.78, 5) is 15.5. The number of nitrogens with zero attached hydrogens (tertiary/aromatic N) is 6. The smallest absolute Gasteiger partial charge is 0.252 e. The van der Waals surface area contributed by atoms with Gasteiger partial charge >= 0.3 is 0 Å². The summed E-state index contributed by atoms with van der Waals surface area (Å²) in [5.74, 6) is 0. The van der Waals surface area contributed by atoms with E-state index in [1.165, 1.54) is 173 Å². The van der Waals surface area contributed by atoms with E-state index in [-0.39, 0.29) is 68.9 Å². The van der Waals surface area contributed by atoms with Gasteiger partial charge in [0.1, 0.15) is 0 Å². The highest BCUT2D eigenvalue weighted by Gasteiger charge is 2.49. The van der Waals surface area contributed by atoms with Crippen LogP contribution in [0.4, 0.5) is 96.7 Å². The molecule has 0 aromatic heterocycles. The summed E-state index contributed by atoms with van der Waals surface area (Å²) >= 11 is 0. The third-order valence-electron chi connectivity index (χ3n) is 31.6. The van der Waals surface area contributed by atoms with Crippen molar-refractivity contribution < 1.29 is 0 Å². The first-order chi connectivity index (χ1) is 66.4. The Morgan fingerprint density at radius 1 is 0.191 bits per heavy atom. The van der Waals surface area contributed by atoms with Crippen LogP contribution >= 0.6 is 0 Å². The molecule has 9 heteroatoms. The highest BCUT2D eigenvalue weighted by molar-refractivity contribution is 7.02. The zero-order chi connectivity index (χ0) is 99.7. The third kappa shape index (κ3) is 16.3. The second-order valence-corrected chi connectivity index (χ2v) is 50.5. The standard InChI is InChI=1S/C132H139B3N6/c1-82(124(3,4)5)39-40-83(2)136-109-70-54-95(130(21,22)23)79-106(109)133-103-76-84(41-67-110(103)137(116-34-30-33-115(136)121(116)133)98-57-44-90(45-58-98)125(6,7)8)87-73-88(85-42-68-111-104(77-85)134-107-80-96(131(24,25)26)55-71-113(107)140(101-63-50-93(51-64-101)128(15,16)17)119-37-31-35-117(122(119)134)138(111)99-59-46-91(47-60-99)126(9,10)11)75-89(74-87)86-43-69-112-105(78-86)135-108-81-97(132(27,28)29)56-72-114(108)141(102-65-52-94(53-66-102)129(18,19)20)120-38-32-36-118(123(120)135)139(112)100-61-48-92(49-62-100)127(12,13)14/h30-81H,1-29H3/b82-39+,83-40+. The van der Waals surface area contributed by atoms with Crippen molar-refractivity contribution in [1.82, 2.24) is 0 Å². The number of rotatable bonds is 10. The molecule has 6 aliphatic rings. The van der Waals surface area contributed by atoms with Crippen LogP contribution in [0.1, 0.15) is 245 Å². The van der Waals surface area contributed by atoms with E-state index in [2.05, 4.69) is 546 Å². The molecule has 6 nitrogen and oxygen atoms in total. The van der Waals surface area contributed by atoms with Crippen molar-refractivity contribution in [3.8, 4) is 33.4 Å². The van der Waals surface area contributed by atoms with Gasteiger partial charge in [0.05, 0.1) is 0 Å². The lowest BCUT2D eigenvalue weighted by atomic mass is 9.33. The molecule has 0 amide bonds. The second kappa shape index (κ2) is 33.2. The maximum atomic E-state index is 2.62. The molecule has 706 valence electrons. The minimum absolute atomic E-state index is 0.00388. The van der Waals surface area contributed by atoms with Gasteiger partial charge in [-0.2, -0.15) is 0 Å². The summed E-state index contributed by atoms with van der Waals surface area (Å²) in [5, 5.41) is 0. The van der Waals surface area contributed by atoms with Gasteiger partial charge in [0.15, 0.2) is 0 Å². The molecule has 15 aromatic carbocycles. The number of hydrogen-bond acceptors (Lipinski definition) is 6. The maximum Gasteiger partial charge on any atom is 0.252 e. The SMILES string of the molecule is C/C(=C\C=C(/C)C(C)(C)C)N1c2ccc(C(C)(C)C)cc2B2c3cc(-c4cc(-c5ccc6c(c5)B5c7cc(C(C)(C)C)ccc7N(c7ccc(C(C)(C)C)cc7)c7cccc(c75)N6c5ccc(C(C)(C)C)cc5)cc(-c5ccc6c(c5)B5c7cc(C(C)(C)C)ccc7N(c7ccc(C(C)(C)C)cc7)c7cccc(c75)N6c5ccc(C(C)(C)C)cc5)c4)ccc3N(c3ccc(C(C)(C)C)cc3)c3cccc1c32. The number of fused-ring (bicyclic) bond motifs is 12. The Labute approximate surface area is 843 Å². The third-order valence-corrected chi connectivity index (χ3v) is 31.6. The van der Waals surface area contributed by atoms with E-state index >= 15 is 0 Å². The van der Waals surface area contributed by atoms with E-state index in [0.29, 0.717) is 0 Å². The summed E-state index contributed by atoms with van der Waals surface area (Å²) < 4.78 is 0. The lowest BCUT2D eigenvalue weighted by Crippen LogP contribution is -2.61. The Morgan fingerprint density at radius 2 is 0.397 bits per heavy atom. The largest absolute Gasteiger partial charge is 0.315 e. The molecule has 6 heterocycles. The predicted molar refractivity (Wildman–Crippen MR) is 615 cm³/mol. The number of benzene rings is 15. The molecule has 21 rings (SSSR count). The van der Waals surface area contributed by atoms with Crippen LogP contribution in [0, 0.1) is 5.41 Å². The fraction of sp³-hybridized carbons (Fsp3) is 0.288. The molecule has 6 aliphatic heterocycles. The van der Waals surface area contributed by atoms with Crippen LogP contribution < -0.4 is 78.6 Å². The van der Waals surface area contributed by atoms with Crippen LogP contribution in [0.15, 0.2) is 327 Å². The predicted octanol–water partition coefficient (Wildman–Crippen LogP) is 30.9. The van der Waals surface area contributed by atoms with Crippen molar-refractivity contribution in [2.45, 2.75) is 244 Å². The van der Waals surface area contributed by atoms with Gasteiger partial charge in [-0.25, -0.2) is 0 Å². The number of allylic oxidation sites excluding steroid dienone is 4. The Kier molecular flexibility index (Phi) is 22.1. The quantitative estimate of drug-likeness (QED) is 0.0997. The van der Waals surface area contributed by atoms with Crippen molar-refractivity contribution in [2.24, 2.45) is 5.41 Å². The van der Waals surface area contributed by atoms with Crippen LogP contribution in [-0.2, 0) is 43.3 Å². The minimum Gasteiger partial charge on any atom is -0.315 e. The Hall–Kier alpha value is -13.2. The molecule has 0 spiro atoms. The highest BCUT2D eigenvalue weighted by atomic mass is 15.2. The van der Waals surface area contributed by atoms with E-state index in [0.717, 1.165) is 61.8 Å². The molecule has 0 saturated carbocycles. The van der Waals surface area contributed by atoms with E-state index < -0.39 is 0 Å². The first-order valence-electron chi connectivity index (χ1n) is 51.5. The summed E-state index contributed by atoms with van der Waals surface area (Å²) in [7, 11) is 0. The summed E-state index contributed by atoms with van der Waals surface area (Å²) in [6.45, 7) is 67.2. The van der Waals surface area contributed by atoms with Gasteiger partial charge in [-0.1, -0.05) is 350 Å². The zero-order valence-corrected chi connectivity index (χ0v) is 88.9. The lowest BCUT2D eigenvalue weighted by Gasteiger charge is -2.45. The minimum atomic E-state index is -0.157. The molecule has 0 saturated heterocycles. The first kappa shape index (κ1) is 94.0. The summed E-state index contributed by atoms with van der Waals surface area (Å²) in [5.41, 5.74) is 50.7. The number of anilines is 17. The second-order valence-electron chi connectivity index (χ2n) is 50.5. The molecule has 0 fully saturated rings. The van der Waals surface area contributed by atoms with E-state index in [1.54, 1.807) is 0 Å². The van der Waals surface area contributed by atoms with E-state index in [1.807, 2.05) is 0 Å². The van der Waals surface area contributed by atoms with E-state index in [4.69, 9.17) is 0 Å². The molecule has 0 radical (unpaired) electrons. The van der Waals surface area contributed by atoms with Gasteiger partial charge in [0.25, 0.3) is 20.1 Å². The van der Waals surface area contributed by atoms with Crippen molar-refractivity contribution in [1.29, 1.82) is 0 Å². The average Bonchev–Trinajstić information content (AvgIpc) is 0.702. The van der Waals surface area contributed by atoms with Crippen LogP contribution in [-0.4, -0.2) is 20.1 Å². The van der Waals surface area contributed by atoms with Crippen molar-refractivity contribution >= 4 is 166 Å². The van der Waals surface area contributed by atoms with Gasteiger partial charge < -0.3 is 29.4 Å². The Bertz CT molecular complexity index is 7270. The first-order valence-corrected chi connectivity index (χ1v) is 51.5. The van der Waals surface area contributed by atoms with Crippen molar-refractivity contribution in [2.75, 3.05) is 29.4 Å². The topological polar surface area (TPSA) is 19.4 Å². The molecule has 15 aromatic rings. The highest BCUT2D eigenvalue weighted by Crippen LogP contribution is 2.53. The monoisotopic (exact) mass is 1840 g/mol. The molecule has 0 N–H and O–H groups in total. The van der Waals surface area contributed by atoms with Crippen molar-refractivity contribution in [3.63, 3.8) is 0 Å². The molecule has 0 atom stereocenters. The lowest BCUT2D eigenvalue weighted by molar-refractivity contribution is 0.504. The molecular formula is C132H139B3N6. The molecule has 0 unspecified atom stereocenters. The summed E-state index contributed by atoms with van der Waals surface area (Å²) in [6.07, 6.45) is 4.72. The average molecular weight is 1840 g/mol. The molecule has 0 bridgehead atoms. The van der Waals surface area contributed by atoms with Crippen LogP contribution in [0.5, 0.6) is 0 Å². The summed E-state index contributed by atoms with van der Waals surface area (Å²) in [6, 6.07) is 121. The Morgan fingerprint density at radius 3 is 0.638 bits per heavy atom. The fourth-order valence-electron chi connectivity index (χ4n) is 22.8. The van der Waals surface area contributed by atoms with Gasteiger partial charge in [-0.15, -0.1) is 0 Å². The molecule has 141 heavy (non-hydrogen) atoms. The maximum absolute atomic E-state index is 2.62. The van der Waals surface area contributed by atoms with Gasteiger partial charge in [-0.3, -0.25) is 0 Å². The number of hydrogen-bond donors (Lipinski definition) is 0. The molecular weight excluding hydrogens is 1700 g/mol. The van der Waals surface area contributed by atoms with Crippen LogP contribution in [0.2, 0.25) is 0 Å². The zero-order valence-electron chi connectivity index (χ0n) is 88.9. The van der Waals surface area contributed by atoms with E-state index in [9.17, 15) is 0 Å². The van der Waals surface area contributed by atoms with Gasteiger partial charge in [-0.05, 0) is 347 Å². The van der Waals surface area contributed by atoms with Gasteiger partial charge in [0.2, 0.25) is 0 Å².